The van der Waals surface area contributed by atoms with Crippen LogP contribution in [0.2, 0.25) is 0 Å². The summed E-state index contributed by atoms with van der Waals surface area (Å²) in [5, 5.41) is 2.67. The molecule has 7 heteroatoms. The second-order valence-electron chi connectivity index (χ2n) is 18.3. The molecule has 5 aromatic carbocycles. The van der Waals surface area contributed by atoms with Gasteiger partial charge in [0, 0.05) is 64.1 Å². The van der Waals surface area contributed by atoms with Gasteiger partial charge in [-0.25, -0.2) is 18.7 Å². The Bertz CT molecular complexity index is 3050. The Morgan fingerprint density at radius 1 is 0.470 bits per heavy atom. The summed E-state index contributed by atoms with van der Waals surface area (Å²) in [6, 6.07) is 40.5. The molecule has 9 rings (SSSR count). The first-order valence-corrected chi connectivity index (χ1v) is 26.0. The van der Waals surface area contributed by atoms with Crippen molar-refractivity contribution in [1.82, 2.24) is 14.5 Å². The zero-order valence-corrected chi connectivity index (χ0v) is 40.6. The first-order chi connectivity index (χ1) is 32.3. The van der Waals surface area contributed by atoms with Gasteiger partial charge in [0.2, 0.25) is 0 Å². The van der Waals surface area contributed by atoms with Crippen LogP contribution in [0.1, 0.15) is 120 Å². The standard InChI is InChI=1S/C59H61F2N3S2/c1-5-7-9-11-13-15-17-46(18-16-14-12-10-8-6-2)64-51-37-39(3)19-30-47(51)48-31-25-43(38-52(48)64)53-35-36-55(66-53)50-33-32-49(54-34-20-40(4)65-54)58-59(50)63-57(42-23-28-45(61)29-24-42)56(62-58)41-21-26-44(60)27-22-41/h19-38,46H,5-18H2,1-4H3. The van der Waals surface area contributed by atoms with E-state index < -0.39 is 0 Å². The Morgan fingerprint density at radius 2 is 0.939 bits per heavy atom. The van der Waals surface area contributed by atoms with Crippen LogP contribution in [0, 0.1) is 25.5 Å². The van der Waals surface area contributed by atoms with Crippen LogP contribution in [-0.2, 0) is 0 Å². The van der Waals surface area contributed by atoms with E-state index in [0.717, 1.165) is 43.0 Å². The Hall–Kier alpha value is -5.50. The lowest BCUT2D eigenvalue weighted by molar-refractivity contribution is 0.410. The predicted octanol–water partition coefficient (Wildman–Crippen LogP) is 19.1. The number of thiophene rings is 2. The molecule has 0 radical (unpaired) electrons. The number of halogens is 2. The van der Waals surface area contributed by atoms with Crippen molar-refractivity contribution in [3.8, 4) is 53.8 Å². The summed E-state index contributed by atoms with van der Waals surface area (Å²) in [7, 11) is 0. The number of rotatable bonds is 20. The molecule has 0 bridgehead atoms. The van der Waals surface area contributed by atoms with E-state index in [-0.39, 0.29) is 11.6 Å². The number of fused-ring (bicyclic) bond motifs is 4. The second-order valence-corrected chi connectivity index (χ2v) is 20.6. The Kier molecular flexibility index (Phi) is 14.5. The van der Waals surface area contributed by atoms with E-state index in [9.17, 15) is 8.78 Å². The molecular formula is C59H61F2N3S2. The molecule has 4 heterocycles. The highest BCUT2D eigenvalue weighted by Crippen LogP contribution is 2.45. The van der Waals surface area contributed by atoms with Gasteiger partial charge in [-0.2, -0.15) is 0 Å². The third kappa shape index (κ3) is 9.94. The van der Waals surface area contributed by atoms with Gasteiger partial charge in [-0.1, -0.05) is 127 Å². The van der Waals surface area contributed by atoms with Gasteiger partial charge in [0.15, 0.2) is 0 Å². The zero-order chi connectivity index (χ0) is 45.6. The van der Waals surface area contributed by atoms with Crippen LogP contribution in [-0.4, -0.2) is 14.5 Å². The fourth-order valence-electron chi connectivity index (χ4n) is 9.80. The van der Waals surface area contributed by atoms with Crippen LogP contribution < -0.4 is 0 Å². The molecule has 0 fully saturated rings. The number of aryl methyl sites for hydroxylation is 2. The molecule has 3 nitrogen and oxygen atoms in total. The number of hydrogen-bond donors (Lipinski definition) is 0. The third-order valence-electron chi connectivity index (χ3n) is 13.3. The maximum absolute atomic E-state index is 14.3. The molecule has 0 saturated heterocycles. The summed E-state index contributed by atoms with van der Waals surface area (Å²) < 4.78 is 31.3. The van der Waals surface area contributed by atoms with Gasteiger partial charge in [0.05, 0.1) is 27.9 Å². The maximum atomic E-state index is 14.3. The molecule has 0 aliphatic rings. The highest BCUT2D eigenvalue weighted by Gasteiger charge is 2.23. The van der Waals surface area contributed by atoms with Crippen LogP contribution in [0.4, 0.5) is 8.78 Å². The lowest BCUT2D eigenvalue weighted by atomic mass is 9.99. The Balaban J connectivity index is 1.15. The monoisotopic (exact) mass is 913 g/mol. The largest absolute Gasteiger partial charge is 0.337 e. The highest BCUT2D eigenvalue weighted by atomic mass is 32.1. The van der Waals surface area contributed by atoms with Gasteiger partial charge in [0.1, 0.15) is 11.6 Å². The molecular weight excluding hydrogens is 853 g/mol. The first-order valence-electron chi connectivity index (χ1n) is 24.4. The van der Waals surface area contributed by atoms with Crippen LogP contribution in [0.5, 0.6) is 0 Å². The molecule has 0 aliphatic heterocycles. The normalized spacial score (nSPS) is 11.9. The predicted molar refractivity (Wildman–Crippen MR) is 280 cm³/mol. The van der Waals surface area contributed by atoms with E-state index in [1.165, 1.54) is 157 Å². The molecule has 0 aliphatic carbocycles. The minimum Gasteiger partial charge on any atom is -0.337 e. The molecule has 0 atom stereocenters. The van der Waals surface area contributed by atoms with Crippen molar-refractivity contribution in [2.75, 3.05) is 0 Å². The Labute approximate surface area is 397 Å². The summed E-state index contributed by atoms with van der Waals surface area (Å²) >= 11 is 3.51. The Morgan fingerprint density at radius 3 is 1.48 bits per heavy atom. The van der Waals surface area contributed by atoms with Crippen molar-refractivity contribution in [1.29, 1.82) is 0 Å². The van der Waals surface area contributed by atoms with Crippen molar-refractivity contribution < 1.29 is 8.78 Å². The van der Waals surface area contributed by atoms with Crippen LogP contribution in [0.3, 0.4) is 0 Å². The van der Waals surface area contributed by atoms with E-state index in [1.54, 1.807) is 46.9 Å². The molecule has 9 aromatic rings. The van der Waals surface area contributed by atoms with Gasteiger partial charge < -0.3 is 4.57 Å². The fraction of sp³-hybridized carbons (Fsp3) is 0.322. The molecule has 66 heavy (non-hydrogen) atoms. The number of hydrogen-bond acceptors (Lipinski definition) is 4. The zero-order valence-electron chi connectivity index (χ0n) is 38.9. The van der Waals surface area contributed by atoms with Crippen LogP contribution in [0.15, 0.2) is 121 Å². The summed E-state index contributed by atoms with van der Waals surface area (Å²) in [4.78, 5) is 15.5. The van der Waals surface area contributed by atoms with E-state index in [2.05, 4.69) is 105 Å². The summed E-state index contributed by atoms with van der Waals surface area (Å²) in [5.74, 6) is -0.643. The van der Waals surface area contributed by atoms with Crippen molar-refractivity contribution in [3.63, 3.8) is 0 Å². The number of benzene rings is 5. The van der Waals surface area contributed by atoms with Crippen molar-refractivity contribution in [3.05, 3.63) is 143 Å². The topological polar surface area (TPSA) is 30.7 Å². The number of unbranched alkanes of at least 4 members (excludes halogenated alkanes) is 10. The third-order valence-corrected chi connectivity index (χ3v) is 15.5. The van der Waals surface area contributed by atoms with E-state index in [4.69, 9.17) is 9.97 Å². The van der Waals surface area contributed by atoms with Crippen LogP contribution >= 0.6 is 22.7 Å². The van der Waals surface area contributed by atoms with Gasteiger partial charge in [-0.15, -0.1) is 22.7 Å². The van der Waals surface area contributed by atoms with Gasteiger partial charge in [-0.05, 0) is 123 Å². The van der Waals surface area contributed by atoms with E-state index in [0.29, 0.717) is 17.4 Å². The van der Waals surface area contributed by atoms with Gasteiger partial charge in [0.25, 0.3) is 0 Å². The molecule has 338 valence electrons. The SMILES string of the molecule is CCCCCCCCC(CCCCCCCC)n1c2cc(C)ccc2c2ccc(-c3ccc(-c4ccc(-c5ccc(C)s5)c5nc(-c6ccc(F)cc6)c(-c6ccc(F)cc6)nc45)s3)cc21. The number of nitrogens with zero attached hydrogens (tertiary/aromatic N) is 3. The first kappa shape index (κ1) is 45.6. The van der Waals surface area contributed by atoms with Crippen molar-refractivity contribution >= 4 is 55.5 Å². The lowest BCUT2D eigenvalue weighted by Gasteiger charge is -2.22. The summed E-state index contributed by atoms with van der Waals surface area (Å²) in [6.45, 7) is 8.94. The lowest BCUT2D eigenvalue weighted by Crippen LogP contribution is -2.09. The number of aromatic nitrogens is 3. The molecule has 0 saturated carbocycles. The van der Waals surface area contributed by atoms with Crippen molar-refractivity contribution in [2.24, 2.45) is 0 Å². The maximum Gasteiger partial charge on any atom is 0.123 e. The molecule has 4 aromatic heterocycles. The van der Waals surface area contributed by atoms with Crippen LogP contribution in [0.25, 0.3) is 86.7 Å². The second kappa shape index (κ2) is 21.0. The van der Waals surface area contributed by atoms with E-state index in [1.807, 2.05) is 0 Å². The average Bonchev–Trinajstić information content (AvgIpc) is 4.08. The van der Waals surface area contributed by atoms with Crippen molar-refractivity contribution in [2.45, 2.75) is 124 Å². The summed E-state index contributed by atoms with van der Waals surface area (Å²) in [5.41, 5.74) is 11.5. The quantitative estimate of drug-likeness (QED) is 0.0713. The van der Waals surface area contributed by atoms with Gasteiger partial charge in [-0.3, -0.25) is 0 Å². The molecule has 0 unspecified atom stereocenters. The highest BCUT2D eigenvalue weighted by molar-refractivity contribution is 7.19. The molecule has 0 N–H and O–H groups in total. The average molecular weight is 914 g/mol. The minimum absolute atomic E-state index is 0.321. The molecule has 0 spiro atoms. The molecule has 0 amide bonds. The minimum atomic E-state index is -0.321. The van der Waals surface area contributed by atoms with E-state index >= 15 is 0 Å². The fourth-order valence-corrected chi connectivity index (χ4v) is 11.7. The van der Waals surface area contributed by atoms with Gasteiger partial charge >= 0.3 is 0 Å². The summed E-state index contributed by atoms with van der Waals surface area (Å²) in [6.07, 6.45) is 18.1. The smallest absolute Gasteiger partial charge is 0.123 e.